The molecule has 0 aliphatic carbocycles. The van der Waals surface area contributed by atoms with E-state index in [0.717, 1.165) is 29.9 Å². The highest BCUT2D eigenvalue weighted by Gasteiger charge is 1.95. The molecule has 96 valence electrons. The summed E-state index contributed by atoms with van der Waals surface area (Å²) in [4.78, 5) is 0. The number of alkyl halides is 1. The number of ether oxygens (including phenoxy) is 1. The summed E-state index contributed by atoms with van der Waals surface area (Å²) < 4.78 is 5.71. The van der Waals surface area contributed by atoms with Crippen molar-refractivity contribution in [1.29, 1.82) is 0 Å². The van der Waals surface area contributed by atoms with E-state index in [1.807, 2.05) is 54.6 Å². The van der Waals surface area contributed by atoms with Gasteiger partial charge < -0.3 is 4.74 Å². The highest BCUT2D eigenvalue weighted by Crippen LogP contribution is 2.20. The van der Waals surface area contributed by atoms with Gasteiger partial charge in [0.15, 0.2) is 0 Å². The second kappa shape index (κ2) is 7.51. The zero-order chi connectivity index (χ0) is 13.3. The number of hydrogen-bond donors (Lipinski definition) is 0. The zero-order valence-corrected chi connectivity index (χ0v) is 11.4. The van der Waals surface area contributed by atoms with Gasteiger partial charge in [0, 0.05) is 17.9 Å². The number of rotatable bonds is 4. The SMILES string of the molecule is ClCCCC#Cc1ccc(Oc2ccccc2)cc1. The summed E-state index contributed by atoms with van der Waals surface area (Å²) in [5.41, 5.74) is 0.995. The second-order valence-corrected chi connectivity index (χ2v) is 4.41. The van der Waals surface area contributed by atoms with E-state index in [9.17, 15) is 0 Å². The fourth-order valence-corrected chi connectivity index (χ4v) is 1.68. The Balaban J connectivity index is 1.96. The summed E-state index contributed by atoms with van der Waals surface area (Å²) in [6.07, 6.45) is 1.77. The highest BCUT2D eigenvalue weighted by atomic mass is 35.5. The van der Waals surface area contributed by atoms with E-state index in [-0.39, 0.29) is 0 Å². The monoisotopic (exact) mass is 270 g/mol. The fourth-order valence-electron chi connectivity index (χ4n) is 1.55. The second-order valence-electron chi connectivity index (χ2n) is 4.03. The van der Waals surface area contributed by atoms with Crippen LogP contribution in [0.3, 0.4) is 0 Å². The Labute approximate surface area is 119 Å². The van der Waals surface area contributed by atoms with Crippen molar-refractivity contribution in [3.63, 3.8) is 0 Å². The highest BCUT2D eigenvalue weighted by molar-refractivity contribution is 6.17. The summed E-state index contributed by atoms with van der Waals surface area (Å²) in [5.74, 6) is 8.52. The maximum atomic E-state index is 5.71. The van der Waals surface area contributed by atoms with Crippen LogP contribution in [-0.4, -0.2) is 5.88 Å². The quantitative estimate of drug-likeness (QED) is 0.438. The average molecular weight is 271 g/mol. The van der Waals surface area contributed by atoms with E-state index < -0.39 is 0 Å². The minimum Gasteiger partial charge on any atom is -0.457 e. The van der Waals surface area contributed by atoms with E-state index in [0.29, 0.717) is 5.88 Å². The molecule has 0 bridgehead atoms. The Morgan fingerprint density at radius 2 is 1.58 bits per heavy atom. The predicted molar refractivity (Wildman–Crippen MR) is 79.8 cm³/mol. The Morgan fingerprint density at radius 3 is 2.26 bits per heavy atom. The third-order valence-electron chi connectivity index (χ3n) is 2.50. The van der Waals surface area contributed by atoms with Crippen molar-refractivity contribution >= 4 is 11.6 Å². The molecule has 0 N–H and O–H groups in total. The molecule has 0 aliphatic rings. The molecule has 0 spiro atoms. The summed E-state index contributed by atoms with van der Waals surface area (Å²) >= 11 is 5.60. The van der Waals surface area contributed by atoms with Crippen molar-refractivity contribution in [2.75, 3.05) is 5.88 Å². The largest absolute Gasteiger partial charge is 0.457 e. The molecule has 0 saturated carbocycles. The number of para-hydroxylation sites is 1. The smallest absolute Gasteiger partial charge is 0.127 e. The Hall–Kier alpha value is -1.91. The minimum absolute atomic E-state index is 0.665. The van der Waals surface area contributed by atoms with Gasteiger partial charge in [0.1, 0.15) is 11.5 Å². The van der Waals surface area contributed by atoms with Gasteiger partial charge in [0.2, 0.25) is 0 Å². The minimum atomic E-state index is 0.665. The van der Waals surface area contributed by atoms with E-state index in [4.69, 9.17) is 16.3 Å². The summed E-state index contributed by atoms with van der Waals surface area (Å²) in [7, 11) is 0. The molecule has 0 atom stereocenters. The molecule has 0 unspecified atom stereocenters. The Morgan fingerprint density at radius 1 is 0.895 bits per heavy atom. The first-order valence-electron chi connectivity index (χ1n) is 6.26. The van der Waals surface area contributed by atoms with Crippen molar-refractivity contribution < 1.29 is 4.74 Å². The van der Waals surface area contributed by atoms with Gasteiger partial charge in [-0.25, -0.2) is 0 Å². The molecular weight excluding hydrogens is 256 g/mol. The molecule has 0 saturated heterocycles. The summed E-state index contributed by atoms with van der Waals surface area (Å²) in [6, 6.07) is 17.5. The van der Waals surface area contributed by atoms with E-state index in [1.165, 1.54) is 0 Å². The number of halogens is 1. The van der Waals surface area contributed by atoms with Gasteiger partial charge in [-0.05, 0) is 42.8 Å². The standard InChI is InChI=1S/C17H15ClO/c18-14-6-2-3-7-15-10-12-17(13-11-15)19-16-8-4-1-5-9-16/h1,4-5,8-13H,2,6,14H2. The predicted octanol–water partition coefficient (Wildman–Crippen LogP) is 4.85. The summed E-state index contributed by atoms with van der Waals surface area (Å²) in [6.45, 7) is 0. The van der Waals surface area contributed by atoms with Gasteiger partial charge in [-0.3, -0.25) is 0 Å². The van der Waals surface area contributed by atoms with Gasteiger partial charge in [-0.15, -0.1) is 11.6 Å². The van der Waals surface area contributed by atoms with Crippen LogP contribution in [0.5, 0.6) is 11.5 Å². The molecule has 0 radical (unpaired) electrons. The molecule has 1 nitrogen and oxygen atoms in total. The lowest BCUT2D eigenvalue weighted by Gasteiger charge is -2.04. The number of unbranched alkanes of at least 4 members (excludes halogenated alkanes) is 1. The lowest BCUT2D eigenvalue weighted by molar-refractivity contribution is 0.482. The van der Waals surface area contributed by atoms with Crippen LogP contribution in [0.15, 0.2) is 54.6 Å². The molecule has 0 fully saturated rings. The average Bonchev–Trinajstić information content (AvgIpc) is 2.46. The van der Waals surface area contributed by atoms with Crippen LogP contribution < -0.4 is 4.74 Å². The van der Waals surface area contributed by atoms with Crippen molar-refractivity contribution in [3.05, 3.63) is 60.2 Å². The Bertz CT molecular complexity index is 549. The number of hydrogen-bond acceptors (Lipinski definition) is 1. The van der Waals surface area contributed by atoms with E-state index in [1.54, 1.807) is 0 Å². The molecular formula is C17H15ClO. The van der Waals surface area contributed by atoms with Gasteiger partial charge in [0.25, 0.3) is 0 Å². The van der Waals surface area contributed by atoms with Crippen molar-refractivity contribution in [3.8, 4) is 23.3 Å². The van der Waals surface area contributed by atoms with Crippen molar-refractivity contribution in [2.45, 2.75) is 12.8 Å². The number of benzene rings is 2. The lowest BCUT2D eigenvalue weighted by atomic mass is 10.2. The first-order chi connectivity index (χ1) is 9.38. The van der Waals surface area contributed by atoms with Gasteiger partial charge >= 0.3 is 0 Å². The topological polar surface area (TPSA) is 9.23 Å². The molecule has 0 heterocycles. The van der Waals surface area contributed by atoms with E-state index in [2.05, 4.69) is 11.8 Å². The van der Waals surface area contributed by atoms with Gasteiger partial charge in [0.05, 0.1) is 0 Å². The summed E-state index contributed by atoms with van der Waals surface area (Å²) in [5, 5.41) is 0. The van der Waals surface area contributed by atoms with Crippen LogP contribution in [-0.2, 0) is 0 Å². The molecule has 2 heteroatoms. The molecule has 2 rings (SSSR count). The first kappa shape index (κ1) is 13.5. The maximum absolute atomic E-state index is 5.71. The lowest BCUT2D eigenvalue weighted by Crippen LogP contribution is -1.83. The third kappa shape index (κ3) is 4.69. The molecule has 19 heavy (non-hydrogen) atoms. The Kier molecular flexibility index (Phi) is 5.34. The van der Waals surface area contributed by atoms with Crippen LogP contribution in [0, 0.1) is 11.8 Å². The fraction of sp³-hybridized carbons (Fsp3) is 0.176. The molecule has 2 aromatic rings. The van der Waals surface area contributed by atoms with Crippen LogP contribution in [0.4, 0.5) is 0 Å². The zero-order valence-electron chi connectivity index (χ0n) is 10.6. The molecule has 0 aliphatic heterocycles. The normalized spacial score (nSPS) is 9.53. The molecule has 0 aromatic heterocycles. The van der Waals surface area contributed by atoms with E-state index >= 15 is 0 Å². The molecule has 0 amide bonds. The van der Waals surface area contributed by atoms with Crippen LogP contribution >= 0.6 is 11.6 Å². The van der Waals surface area contributed by atoms with Crippen LogP contribution in [0.2, 0.25) is 0 Å². The van der Waals surface area contributed by atoms with Crippen molar-refractivity contribution in [2.24, 2.45) is 0 Å². The van der Waals surface area contributed by atoms with Gasteiger partial charge in [-0.2, -0.15) is 0 Å². The van der Waals surface area contributed by atoms with Gasteiger partial charge in [-0.1, -0.05) is 30.0 Å². The first-order valence-corrected chi connectivity index (χ1v) is 6.80. The third-order valence-corrected chi connectivity index (χ3v) is 2.77. The van der Waals surface area contributed by atoms with Crippen LogP contribution in [0.1, 0.15) is 18.4 Å². The molecule has 2 aromatic carbocycles. The maximum Gasteiger partial charge on any atom is 0.127 e. The van der Waals surface area contributed by atoms with Crippen molar-refractivity contribution in [1.82, 2.24) is 0 Å². The van der Waals surface area contributed by atoms with Crippen LogP contribution in [0.25, 0.3) is 0 Å².